The molecular formula is C12H16N2O9. The molecule has 2 heterocycles. The Bertz CT molecular complexity index is 669. The molecule has 23 heavy (non-hydrogen) atoms. The van der Waals surface area contributed by atoms with E-state index in [1.807, 2.05) is 4.98 Å². The highest BCUT2D eigenvalue weighted by molar-refractivity contribution is 5.72. The minimum atomic E-state index is -1.87. The molecule has 1 unspecified atom stereocenters. The zero-order valence-corrected chi connectivity index (χ0v) is 12.0. The topological polar surface area (TPSA) is 160 Å². The van der Waals surface area contributed by atoms with Crippen LogP contribution in [0.2, 0.25) is 0 Å². The van der Waals surface area contributed by atoms with Gasteiger partial charge in [0.05, 0.1) is 13.7 Å². The first-order chi connectivity index (χ1) is 10.8. The van der Waals surface area contributed by atoms with Crippen molar-refractivity contribution in [1.29, 1.82) is 0 Å². The van der Waals surface area contributed by atoms with E-state index in [0.717, 1.165) is 23.9 Å². The highest BCUT2D eigenvalue weighted by atomic mass is 16.7. The lowest BCUT2D eigenvalue weighted by atomic mass is 10.1. The standard InChI is InChI=1S/C12H16N2O9/c1-21-10(18)11(19)22-4-5-7(16)8(17)9(23-5)14-3-2-6(15)13-12(14)20/h2-3,5,7-9,11,16-17,19H,4H2,1H3,(H,13,15,20)/t5-,7-,8-,9-,11?/m1/s1. The molecule has 4 N–H and O–H groups in total. The van der Waals surface area contributed by atoms with Gasteiger partial charge in [-0.25, -0.2) is 9.59 Å². The predicted molar refractivity (Wildman–Crippen MR) is 71.2 cm³/mol. The fourth-order valence-electron chi connectivity index (χ4n) is 2.08. The van der Waals surface area contributed by atoms with E-state index >= 15 is 0 Å². The van der Waals surface area contributed by atoms with Crippen LogP contribution in [0.3, 0.4) is 0 Å². The number of nitrogens with one attached hydrogen (secondary N) is 1. The number of aromatic amines is 1. The summed E-state index contributed by atoms with van der Waals surface area (Å²) in [7, 11) is 1.05. The van der Waals surface area contributed by atoms with Gasteiger partial charge in [0.1, 0.15) is 18.3 Å². The number of carbonyl (C=O) groups is 1. The van der Waals surface area contributed by atoms with E-state index in [9.17, 15) is 29.7 Å². The minimum Gasteiger partial charge on any atom is -0.465 e. The van der Waals surface area contributed by atoms with Crippen molar-refractivity contribution in [2.45, 2.75) is 30.8 Å². The van der Waals surface area contributed by atoms with Crippen molar-refractivity contribution in [2.75, 3.05) is 13.7 Å². The number of rotatable bonds is 5. The Morgan fingerprint density at radius 1 is 1.43 bits per heavy atom. The number of carbonyl (C=O) groups excluding carboxylic acids is 1. The Morgan fingerprint density at radius 2 is 2.13 bits per heavy atom. The molecule has 1 aliphatic rings. The summed E-state index contributed by atoms with van der Waals surface area (Å²) in [5.74, 6) is -1.04. The quantitative estimate of drug-likeness (QED) is 0.319. The normalized spacial score (nSPS) is 28.5. The van der Waals surface area contributed by atoms with Gasteiger partial charge in [-0.05, 0) is 0 Å². The molecule has 0 amide bonds. The van der Waals surface area contributed by atoms with E-state index in [1.165, 1.54) is 0 Å². The largest absolute Gasteiger partial charge is 0.465 e. The molecule has 0 spiro atoms. The molecule has 0 radical (unpaired) electrons. The maximum atomic E-state index is 11.7. The van der Waals surface area contributed by atoms with Crippen molar-refractivity contribution < 1.29 is 34.3 Å². The van der Waals surface area contributed by atoms with Crippen molar-refractivity contribution in [3.8, 4) is 0 Å². The molecule has 1 saturated heterocycles. The number of aliphatic hydroxyl groups excluding tert-OH is 3. The van der Waals surface area contributed by atoms with Gasteiger partial charge in [-0.3, -0.25) is 14.3 Å². The van der Waals surface area contributed by atoms with Gasteiger partial charge < -0.3 is 29.5 Å². The fraction of sp³-hybridized carbons (Fsp3) is 0.583. The summed E-state index contributed by atoms with van der Waals surface area (Å²) < 4.78 is 15.2. The van der Waals surface area contributed by atoms with Crippen LogP contribution >= 0.6 is 0 Å². The number of hydrogen-bond acceptors (Lipinski definition) is 9. The molecule has 11 heteroatoms. The molecule has 1 fully saturated rings. The lowest BCUT2D eigenvalue weighted by Gasteiger charge is -2.17. The fourth-order valence-corrected chi connectivity index (χ4v) is 2.08. The number of aliphatic hydroxyl groups is 3. The van der Waals surface area contributed by atoms with Gasteiger partial charge in [0.2, 0.25) is 0 Å². The third kappa shape index (κ3) is 3.65. The van der Waals surface area contributed by atoms with Crippen LogP contribution in [0.5, 0.6) is 0 Å². The Labute approximate surface area is 128 Å². The molecule has 0 saturated carbocycles. The van der Waals surface area contributed by atoms with Crippen molar-refractivity contribution in [1.82, 2.24) is 9.55 Å². The summed E-state index contributed by atoms with van der Waals surface area (Å²) in [6.45, 7) is -0.441. The van der Waals surface area contributed by atoms with E-state index < -0.39 is 54.7 Å². The van der Waals surface area contributed by atoms with Crippen LogP contribution in [0.4, 0.5) is 0 Å². The Kier molecular flexibility index (Phi) is 5.28. The number of nitrogens with zero attached hydrogens (tertiary/aromatic N) is 1. The molecule has 11 nitrogen and oxygen atoms in total. The third-order valence-corrected chi connectivity index (χ3v) is 3.28. The highest BCUT2D eigenvalue weighted by Crippen LogP contribution is 2.28. The van der Waals surface area contributed by atoms with E-state index in [-0.39, 0.29) is 0 Å². The van der Waals surface area contributed by atoms with Crippen LogP contribution in [-0.2, 0) is 19.0 Å². The number of aromatic nitrogens is 2. The molecule has 5 atom stereocenters. The van der Waals surface area contributed by atoms with Gasteiger partial charge in [0, 0.05) is 12.3 Å². The minimum absolute atomic E-state index is 0.441. The molecule has 0 aromatic carbocycles. The second kappa shape index (κ2) is 7.02. The lowest BCUT2D eigenvalue weighted by molar-refractivity contribution is -0.188. The summed E-state index contributed by atoms with van der Waals surface area (Å²) in [5, 5.41) is 29.2. The number of ether oxygens (including phenoxy) is 3. The zero-order valence-electron chi connectivity index (χ0n) is 12.0. The SMILES string of the molecule is COC(=O)C(O)OC[C@H]1O[C@@H](n2ccc(=O)[nH]c2=O)[C@H](O)[C@@H]1O. The molecule has 128 valence electrons. The number of H-pyrrole nitrogens is 1. The summed E-state index contributed by atoms with van der Waals surface area (Å²) in [4.78, 5) is 35.7. The van der Waals surface area contributed by atoms with Gasteiger partial charge in [-0.1, -0.05) is 0 Å². The predicted octanol–water partition coefficient (Wildman–Crippen LogP) is -3.34. The van der Waals surface area contributed by atoms with Crippen LogP contribution in [0.1, 0.15) is 6.23 Å². The number of hydrogen-bond donors (Lipinski definition) is 4. The zero-order chi connectivity index (χ0) is 17.1. The molecule has 0 bridgehead atoms. The van der Waals surface area contributed by atoms with Crippen LogP contribution in [0, 0.1) is 0 Å². The van der Waals surface area contributed by atoms with Crippen molar-refractivity contribution in [3.63, 3.8) is 0 Å². The molecule has 1 aliphatic heterocycles. The van der Waals surface area contributed by atoms with Crippen LogP contribution in [-0.4, -0.2) is 69.2 Å². The average molecular weight is 332 g/mol. The maximum Gasteiger partial charge on any atom is 0.363 e. The monoisotopic (exact) mass is 332 g/mol. The molecule has 1 aromatic rings. The van der Waals surface area contributed by atoms with E-state index in [2.05, 4.69) is 4.74 Å². The van der Waals surface area contributed by atoms with Gasteiger partial charge in [-0.15, -0.1) is 0 Å². The Morgan fingerprint density at radius 3 is 2.74 bits per heavy atom. The third-order valence-electron chi connectivity index (χ3n) is 3.28. The van der Waals surface area contributed by atoms with Crippen molar-refractivity contribution >= 4 is 5.97 Å². The summed E-state index contributed by atoms with van der Waals surface area (Å²) in [6.07, 6.45) is -6.07. The molecule has 1 aromatic heterocycles. The average Bonchev–Trinajstić information content (AvgIpc) is 2.80. The lowest BCUT2D eigenvalue weighted by Crippen LogP contribution is -2.38. The van der Waals surface area contributed by atoms with E-state index in [4.69, 9.17) is 9.47 Å². The van der Waals surface area contributed by atoms with Crippen molar-refractivity contribution in [2.24, 2.45) is 0 Å². The van der Waals surface area contributed by atoms with E-state index in [0.29, 0.717) is 0 Å². The second-order valence-corrected chi connectivity index (χ2v) is 4.77. The first-order valence-electron chi connectivity index (χ1n) is 6.55. The van der Waals surface area contributed by atoms with Crippen LogP contribution in [0.25, 0.3) is 0 Å². The smallest absolute Gasteiger partial charge is 0.363 e. The first-order valence-corrected chi connectivity index (χ1v) is 6.55. The van der Waals surface area contributed by atoms with Crippen LogP contribution < -0.4 is 11.2 Å². The molecular weight excluding hydrogens is 316 g/mol. The maximum absolute atomic E-state index is 11.7. The Balaban J connectivity index is 2.07. The Hall–Kier alpha value is -2.05. The first kappa shape index (κ1) is 17.3. The van der Waals surface area contributed by atoms with Gasteiger partial charge in [-0.2, -0.15) is 0 Å². The molecule has 0 aliphatic carbocycles. The van der Waals surface area contributed by atoms with E-state index in [1.54, 1.807) is 0 Å². The second-order valence-electron chi connectivity index (χ2n) is 4.77. The van der Waals surface area contributed by atoms with Crippen LogP contribution in [0.15, 0.2) is 21.9 Å². The summed E-state index contributed by atoms with van der Waals surface area (Å²) in [6, 6.07) is 1.05. The molecule has 2 rings (SSSR count). The summed E-state index contributed by atoms with van der Waals surface area (Å²) in [5.41, 5.74) is -1.45. The van der Waals surface area contributed by atoms with Crippen molar-refractivity contribution in [3.05, 3.63) is 33.1 Å². The number of methoxy groups -OCH3 is 1. The van der Waals surface area contributed by atoms with Gasteiger partial charge in [0.15, 0.2) is 6.23 Å². The highest BCUT2D eigenvalue weighted by Gasteiger charge is 2.44. The van der Waals surface area contributed by atoms with Gasteiger partial charge >= 0.3 is 11.7 Å². The van der Waals surface area contributed by atoms with Gasteiger partial charge in [0.25, 0.3) is 11.8 Å². The summed E-state index contributed by atoms with van der Waals surface area (Å²) >= 11 is 0. The number of esters is 1.